The van der Waals surface area contributed by atoms with Gasteiger partial charge in [0.1, 0.15) is 0 Å². The van der Waals surface area contributed by atoms with Crippen molar-refractivity contribution in [3.8, 4) is 0 Å². The van der Waals surface area contributed by atoms with Gasteiger partial charge in [0, 0.05) is 30.7 Å². The van der Waals surface area contributed by atoms with E-state index in [1.165, 1.54) is 0 Å². The van der Waals surface area contributed by atoms with E-state index in [2.05, 4.69) is 10.3 Å². The summed E-state index contributed by atoms with van der Waals surface area (Å²) in [6, 6.07) is 0.0307. The van der Waals surface area contributed by atoms with Crippen LogP contribution in [-0.4, -0.2) is 42.1 Å². The first-order valence-electron chi connectivity index (χ1n) is 6.43. The number of imidazole rings is 1. The molecule has 0 spiro atoms. The van der Waals surface area contributed by atoms with Gasteiger partial charge in [-0.1, -0.05) is 6.92 Å². The normalized spacial score (nSPS) is 13.7. The van der Waals surface area contributed by atoms with Crippen molar-refractivity contribution < 1.29 is 8.42 Å². The molecule has 0 saturated carbocycles. The minimum atomic E-state index is -2.87. The van der Waals surface area contributed by atoms with Crippen LogP contribution in [-0.2, 0) is 16.4 Å². The number of nitrogens with one attached hydrogen (secondary N) is 1. The third kappa shape index (κ3) is 6.16. The number of nitrogens with zero attached hydrogens (tertiary/aromatic N) is 2. The predicted molar refractivity (Wildman–Crippen MR) is 73.3 cm³/mol. The van der Waals surface area contributed by atoms with Crippen LogP contribution in [0.4, 0.5) is 0 Å². The van der Waals surface area contributed by atoms with Gasteiger partial charge >= 0.3 is 0 Å². The smallest absolute Gasteiger partial charge is 0.151 e. The zero-order chi connectivity index (χ0) is 13.4. The Balaban J connectivity index is 2.07. The highest BCUT2D eigenvalue weighted by Crippen LogP contribution is 1.97. The molecular formula is C12H23N3O2S. The number of aromatic nitrogens is 2. The lowest BCUT2D eigenvalue weighted by Crippen LogP contribution is -2.34. The van der Waals surface area contributed by atoms with Gasteiger partial charge in [0.05, 0.1) is 12.1 Å². The first kappa shape index (κ1) is 15.2. The molecule has 0 aliphatic heterocycles. The molecule has 104 valence electrons. The Labute approximate surface area is 110 Å². The summed E-state index contributed by atoms with van der Waals surface area (Å²) in [6.45, 7) is 5.43. The fourth-order valence-corrected chi connectivity index (χ4v) is 2.86. The van der Waals surface area contributed by atoms with Gasteiger partial charge in [0.15, 0.2) is 9.84 Å². The van der Waals surface area contributed by atoms with Gasteiger partial charge in [-0.2, -0.15) is 0 Å². The second-order valence-corrected chi connectivity index (χ2v) is 6.96. The van der Waals surface area contributed by atoms with Crippen LogP contribution in [0.3, 0.4) is 0 Å². The summed E-state index contributed by atoms with van der Waals surface area (Å²) in [5.74, 6) is 0.449. The number of hydrogen-bond acceptors (Lipinski definition) is 4. The molecule has 1 atom stereocenters. The third-order valence-electron chi connectivity index (χ3n) is 2.84. The molecule has 1 rings (SSSR count). The summed E-state index contributed by atoms with van der Waals surface area (Å²) in [7, 11) is -2.87. The van der Waals surface area contributed by atoms with Gasteiger partial charge in [0.25, 0.3) is 0 Å². The summed E-state index contributed by atoms with van der Waals surface area (Å²) in [5.41, 5.74) is 0. The lowest BCUT2D eigenvalue weighted by atomic mass is 10.3. The molecule has 0 aromatic carbocycles. The Kier molecular flexibility index (Phi) is 6.35. The Morgan fingerprint density at radius 1 is 1.39 bits per heavy atom. The van der Waals surface area contributed by atoms with Crippen LogP contribution in [0.1, 0.15) is 26.7 Å². The van der Waals surface area contributed by atoms with E-state index in [1.54, 1.807) is 13.1 Å². The fraction of sp³-hybridized carbons (Fsp3) is 0.750. The molecule has 1 aromatic rings. The molecule has 1 unspecified atom stereocenters. The van der Waals surface area contributed by atoms with E-state index in [0.717, 1.165) is 25.9 Å². The minimum Gasteiger partial charge on any atom is -0.337 e. The number of hydrogen-bond donors (Lipinski definition) is 1. The number of rotatable bonds is 9. The van der Waals surface area contributed by atoms with Crippen LogP contribution in [0.2, 0.25) is 0 Å². The second kappa shape index (κ2) is 7.53. The average Bonchev–Trinajstić information content (AvgIpc) is 2.81. The standard InChI is InChI=1S/C12H23N3O2S/c1-3-18(16,17)10-12(2)14-6-4-5-8-15-9-7-13-11-15/h7,9,11-12,14H,3-6,8,10H2,1-2H3. The molecule has 0 amide bonds. The van der Waals surface area contributed by atoms with Crippen molar-refractivity contribution in [2.24, 2.45) is 0 Å². The van der Waals surface area contributed by atoms with Crippen LogP contribution < -0.4 is 5.32 Å². The van der Waals surface area contributed by atoms with Crippen molar-refractivity contribution in [2.75, 3.05) is 18.1 Å². The van der Waals surface area contributed by atoms with E-state index >= 15 is 0 Å². The molecule has 0 aliphatic carbocycles. The topological polar surface area (TPSA) is 64.0 Å². The van der Waals surface area contributed by atoms with E-state index < -0.39 is 9.84 Å². The Morgan fingerprint density at radius 3 is 2.78 bits per heavy atom. The van der Waals surface area contributed by atoms with Crippen LogP contribution in [0.15, 0.2) is 18.7 Å². The summed E-state index contributed by atoms with van der Waals surface area (Å²) in [5, 5.41) is 3.25. The maximum Gasteiger partial charge on any atom is 0.151 e. The molecule has 0 saturated heterocycles. The summed E-state index contributed by atoms with van der Waals surface area (Å²) in [4.78, 5) is 3.98. The van der Waals surface area contributed by atoms with Crippen LogP contribution in [0, 0.1) is 0 Å². The monoisotopic (exact) mass is 273 g/mol. The van der Waals surface area contributed by atoms with E-state index in [4.69, 9.17) is 0 Å². The van der Waals surface area contributed by atoms with E-state index in [1.807, 2.05) is 24.0 Å². The van der Waals surface area contributed by atoms with Crippen LogP contribution in [0.5, 0.6) is 0 Å². The molecule has 5 nitrogen and oxygen atoms in total. The Hall–Kier alpha value is -0.880. The molecule has 6 heteroatoms. The van der Waals surface area contributed by atoms with E-state index in [-0.39, 0.29) is 17.5 Å². The SMILES string of the molecule is CCS(=O)(=O)CC(C)NCCCCn1ccnc1. The Bertz CT molecular complexity index is 415. The minimum absolute atomic E-state index is 0.0307. The van der Waals surface area contributed by atoms with Gasteiger partial charge in [-0.15, -0.1) is 0 Å². The van der Waals surface area contributed by atoms with Gasteiger partial charge in [-0.25, -0.2) is 13.4 Å². The van der Waals surface area contributed by atoms with Crippen molar-refractivity contribution in [1.29, 1.82) is 0 Å². The van der Waals surface area contributed by atoms with Gasteiger partial charge in [0.2, 0.25) is 0 Å². The van der Waals surface area contributed by atoms with Crippen LogP contribution >= 0.6 is 0 Å². The quantitative estimate of drug-likeness (QED) is 0.684. The first-order valence-corrected chi connectivity index (χ1v) is 8.25. The summed E-state index contributed by atoms with van der Waals surface area (Å²) < 4.78 is 24.9. The van der Waals surface area contributed by atoms with Crippen molar-refractivity contribution in [3.63, 3.8) is 0 Å². The Morgan fingerprint density at radius 2 is 2.17 bits per heavy atom. The zero-order valence-corrected chi connectivity index (χ0v) is 12.0. The second-order valence-electron chi connectivity index (χ2n) is 4.56. The number of aryl methyl sites for hydroxylation is 1. The first-order chi connectivity index (χ1) is 8.53. The fourth-order valence-electron chi connectivity index (χ4n) is 1.74. The van der Waals surface area contributed by atoms with Crippen molar-refractivity contribution in [1.82, 2.24) is 14.9 Å². The van der Waals surface area contributed by atoms with Crippen LogP contribution in [0.25, 0.3) is 0 Å². The van der Waals surface area contributed by atoms with Gasteiger partial charge < -0.3 is 9.88 Å². The zero-order valence-electron chi connectivity index (χ0n) is 11.2. The average molecular weight is 273 g/mol. The highest BCUT2D eigenvalue weighted by atomic mass is 32.2. The number of sulfone groups is 1. The van der Waals surface area contributed by atoms with Gasteiger partial charge in [-0.05, 0) is 26.3 Å². The molecule has 18 heavy (non-hydrogen) atoms. The van der Waals surface area contributed by atoms with Crippen molar-refractivity contribution >= 4 is 9.84 Å². The molecule has 0 bridgehead atoms. The van der Waals surface area contributed by atoms with E-state index in [0.29, 0.717) is 0 Å². The van der Waals surface area contributed by atoms with Gasteiger partial charge in [-0.3, -0.25) is 0 Å². The maximum atomic E-state index is 11.4. The molecule has 1 aromatic heterocycles. The molecule has 1 heterocycles. The van der Waals surface area contributed by atoms with E-state index in [9.17, 15) is 8.42 Å². The largest absolute Gasteiger partial charge is 0.337 e. The molecular weight excluding hydrogens is 250 g/mol. The molecule has 0 aliphatic rings. The maximum absolute atomic E-state index is 11.4. The third-order valence-corrected chi connectivity index (χ3v) is 4.73. The number of unbranched alkanes of at least 4 members (excludes halogenated alkanes) is 1. The highest BCUT2D eigenvalue weighted by molar-refractivity contribution is 7.91. The van der Waals surface area contributed by atoms with Crippen molar-refractivity contribution in [3.05, 3.63) is 18.7 Å². The predicted octanol–water partition coefficient (Wildman–Crippen LogP) is 1.08. The summed E-state index contributed by atoms with van der Waals surface area (Å²) in [6.07, 6.45) is 7.63. The lowest BCUT2D eigenvalue weighted by Gasteiger charge is -2.13. The molecule has 0 fully saturated rings. The summed E-state index contributed by atoms with van der Waals surface area (Å²) >= 11 is 0. The molecule has 0 radical (unpaired) electrons. The lowest BCUT2D eigenvalue weighted by molar-refractivity contribution is 0.524. The highest BCUT2D eigenvalue weighted by Gasteiger charge is 2.12. The molecule has 1 N–H and O–H groups in total. The van der Waals surface area contributed by atoms with Crippen molar-refractivity contribution in [2.45, 2.75) is 39.3 Å².